The highest BCUT2D eigenvalue weighted by molar-refractivity contribution is 6.31. The van der Waals surface area contributed by atoms with Crippen LogP contribution in [0.5, 0.6) is 11.5 Å². The molecule has 3 heterocycles. The number of amides is 1. The summed E-state index contributed by atoms with van der Waals surface area (Å²) in [5, 5.41) is 15.0. The van der Waals surface area contributed by atoms with Gasteiger partial charge in [-0.1, -0.05) is 17.7 Å². The number of hydrogen-bond acceptors (Lipinski definition) is 6. The lowest BCUT2D eigenvalue weighted by Gasteiger charge is -2.29. The van der Waals surface area contributed by atoms with E-state index in [1.807, 2.05) is 0 Å². The summed E-state index contributed by atoms with van der Waals surface area (Å²) in [5.41, 5.74) is 1.00. The number of furan rings is 1. The minimum atomic E-state index is -2.03. The van der Waals surface area contributed by atoms with Gasteiger partial charge in [0, 0.05) is 17.0 Å². The van der Waals surface area contributed by atoms with Crippen molar-refractivity contribution >= 4 is 28.5 Å². The van der Waals surface area contributed by atoms with Crippen LogP contribution in [0.25, 0.3) is 11.0 Å². The van der Waals surface area contributed by atoms with E-state index in [1.54, 1.807) is 36.4 Å². The first-order valence-corrected chi connectivity index (χ1v) is 11.8. The zero-order valence-electron chi connectivity index (χ0n) is 18.5. The molecule has 2 aliphatic rings. The summed E-state index contributed by atoms with van der Waals surface area (Å²) in [6.45, 7) is 3.01. The van der Waals surface area contributed by atoms with Crippen molar-refractivity contribution in [2.45, 2.75) is 31.2 Å². The van der Waals surface area contributed by atoms with Crippen LogP contribution in [0.1, 0.15) is 36.4 Å². The summed E-state index contributed by atoms with van der Waals surface area (Å²) >= 11 is 5.99. The minimum Gasteiger partial charge on any atom is -0.486 e. The van der Waals surface area contributed by atoms with Gasteiger partial charge < -0.3 is 29.2 Å². The normalized spacial score (nSPS) is 18.6. The molecule has 5 rings (SSSR count). The topological polar surface area (TPSA) is 84.2 Å². The fourth-order valence-corrected chi connectivity index (χ4v) is 4.67. The molecule has 1 amide bonds. The van der Waals surface area contributed by atoms with Crippen LogP contribution in [0, 0.1) is 0 Å². The Bertz CT molecular complexity index is 1180. The van der Waals surface area contributed by atoms with Crippen LogP contribution < -0.4 is 14.8 Å². The van der Waals surface area contributed by atoms with Gasteiger partial charge in [0.25, 0.3) is 5.91 Å². The molecule has 7 nitrogen and oxygen atoms in total. The Balaban J connectivity index is 1.35. The van der Waals surface area contributed by atoms with Crippen LogP contribution in [0.4, 0.5) is 4.39 Å². The molecule has 3 atom stereocenters. The third-order valence-electron chi connectivity index (χ3n) is 6.25. The summed E-state index contributed by atoms with van der Waals surface area (Å²) in [7, 11) is 0. The van der Waals surface area contributed by atoms with Crippen molar-refractivity contribution in [1.29, 1.82) is 0 Å². The second-order valence-electron chi connectivity index (χ2n) is 8.66. The first kappa shape index (κ1) is 23.0. The summed E-state index contributed by atoms with van der Waals surface area (Å²) in [6, 6.07) is 10.8. The molecule has 1 unspecified atom stereocenters. The number of benzene rings is 2. The van der Waals surface area contributed by atoms with Crippen molar-refractivity contribution < 1.29 is 28.2 Å². The Morgan fingerprint density at radius 2 is 1.85 bits per heavy atom. The second-order valence-corrected chi connectivity index (χ2v) is 9.10. The number of nitrogens with one attached hydrogen (secondary N) is 1. The van der Waals surface area contributed by atoms with E-state index in [9.17, 15) is 9.90 Å². The molecule has 0 bridgehead atoms. The molecule has 9 heteroatoms. The molecule has 0 aliphatic carbocycles. The largest absolute Gasteiger partial charge is 0.486 e. The fraction of sp³-hybridized carbons (Fsp3) is 0.400. The number of carbonyl (C=O) groups excluding carboxylic acids is 1. The quantitative estimate of drug-likeness (QED) is 0.519. The molecular formula is C25H26ClFN2O5. The maximum Gasteiger partial charge on any atom is 0.262 e. The number of rotatable bonds is 7. The lowest BCUT2D eigenvalue weighted by molar-refractivity contribution is -0.128. The monoisotopic (exact) mass is 488 g/mol. The number of carbonyl (C=O) groups is 1. The van der Waals surface area contributed by atoms with Gasteiger partial charge in [-0.2, -0.15) is 0 Å². The van der Waals surface area contributed by atoms with Crippen LogP contribution in [-0.4, -0.2) is 54.8 Å². The molecule has 180 valence electrons. The standard InChI is InChI=1S/C25H26ClFN2O5/c26-17-4-6-19-16(11-17)13-22(34-19)23(27)25(31)28-18(14-29-7-1-2-8-29)24(30)15-3-5-20-21(12-15)33-10-9-32-20/h3-6,11-13,18,23-24,30H,1-2,7-10,14H2,(H,28,31)/t18-,23?,24-/m1/s1. The number of hydrogen-bond donors (Lipinski definition) is 2. The molecule has 0 radical (unpaired) electrons. The van der Waals surface area contributed by atoms with E-state index in [0.29, 0.717) is 52.8 Å². The third-order valence-corrected chi connectivity index (χ3v) is 6.48. The number of ether oxygens (including phenoxy) is 2. The molecule has 1 fully saturated rings. The predicted molar refractivity (Wildman–Crippen MR) is 125 cm³/mol. The van der Waals surface area contributed by atoms with Gasteiger partial charge >= 0.3 is 0 Å². The molecule has 3 aromatic rings. The summed E-state index contributed by atoms with van der Waals surface area (Å²) in [4.78, 5) is 15.0. The number of fused-ring (bicyclic) bond motifs is 2. The highest BCUT2D eigenvalue weighted by Gasteiger charge is 2.32. The maximum atomic E-state index is 15.2. The summed E-state index contributed by atoms with van der Waals surface area (Å²) in [6.07, 6.45) is -0.996. The van der Waals surface area contributed by atoms with Crippen molar-refractivity contribution in [3.05, 3.63) is 58.8 Å². The van der Waals surface area contributed by atoms with Crippen molar-refractivity contribution in [2.24, 2.45) is 0 Å². The maximum absolute atomic E-state index is 15.2. The highest BCUT2D eigenvalue weighted by atomic mass is 35.5. The SMILES string of the molecule is O=C(N[C@H](CN1CCCC1)[C@H](O)c1ccc2c(c1)OCCO2)C(F)c1cc2cc(Cl)ccc2o1. The number of nitrogens with zero attached hydrogens (tertiary/aromatic N) is 1. The van der Waals surface area contributed by atoms with E-state index >= 15 is 4.39 Å². The van der Waals surface area contributed by atoms with Crippen molar-refractivity contribution in [1.82, 2.24) is 10.2 Å². The van der Waals surface area contributed by atoms with Gasteiger partial charge in [-0.25, -0.2) is 4.39 Å². The first-order valence-electron chi connectivity index (χ1n) is 11.4. The van der Waals surface area contributed by atoms with E-state index in [1.165, 1.54) is 6.07 Å². The van der Waals surface area contributed by atoms with Crippen LogP contribution in [0.3, 0.4) is 0 Å². The predicted octanol–water partition coefficient (Wildman–Crippen LogP) is 4.18. The van der Waals surface area contributed by atoms with Gasteiger partial charge in [0.1, 0.15) is 30.7 Å². The van der Waals surface area contributed by atoms with Crippen LogP contribution >= 0.6 is 11.6 Å². The molecule has 2 aromatic carbocycles. The van der Waals surface area contributed by atoms with Gasteiger partial charge in [-0.15, -0.1) is 0 Å². The molecule has 2 N–H and O–H groups in total. The van der Waals surface area contributed by atoms with E-state index < -0.39 is 24.2 Å². The zero-order chi connectivity index (χ0) is 23.7. The average Bonchev–Trinajstić information content (AvgIpc) is 3.51. The van der Waals surface area contributed by atoms with Gasteiger partial charge in [-0.3, -0.25) is 4.79 Å². The van der Waals surface area contributed by atoms with Crippen molar-refractivity contribution in [3.63, 3.8) is 0 Å². The van der Waals surface area contributed by atoms with E-state index in [2.05, 4.69) is 10.2 Å². The Hall–Kier alpha value is -2.81. The minimum absolute atomic E-state index is 0.108. The number of likely N-dealkylation sites (tertiary alicyclic amines) is 1. The van der Waals surface area contributed by atoms with Gasteiger partial charge in [-0.05, 0) is 67.9 Å². The lowest BCUT2D eigenvalue weighted by atomic mass is 10.0. The number of alkyl halides is 1. The molecule has 0 saturated carbocycles. The molecule has 34 heavy (non-hydrogen) atoms. The number of aliphatic hydroxyl groups excluding tert-OH is 1. The van der Waals surface area contributed by atoms with Gasteiger partial charge in [0.2, 0.25) is 6.17 Å². The second kappa shape index (κ2) is 9.82. The molecule has 1 aromatic heterocycles. The lowest BCUT2D eigenvalue weighted by Crippen LogP contribution is -2.47. The summed E-state index contributed by atoms with van der Waals surface area (Å²) < 4.78 is 31.9. The highest BCUT2D eigenvalue weighted by Crippen LogP contribution is 2.34. The number of aliphatic hydroxyl groups is 1. The van der Waals surface area contributed by atoms with Crippen LogP contribution in [0.15, 0.2) is 46.9 Å². The molecule has 0 spiro atoms. The summed E-state index contributed by atoms with van der Waals surface area (Å²) in [5.74, 6) is 0.170. The van der Waals surface area contributed by atoms with E-state index in [0.717, 1.165) is 25.9 Å². The van der Waals surface area contributed by atoms with Crippen molar-refractivity contribution in [3.8, 4) is 11.5 Å². The molecular weight excluding hydrogens is 463 g/mol. The van der Waals surface area contributed by atoms with Crippen molar-refractivity contribution in [2.75, 3.05) is 32.8 Å². The Kier molecular flexibility index (Phi) is 6.63. The molecule has 2 aliphatic heterocycles. The van der Waals surface area contributed by atoms with Gasteiger partial charge in [0.05, 0.1) is 6.04 Å². The zero-order valence-corrected chi connectivity index (χ0v) is 19.3. The fourth-order valence-electron chi connectivity index (χ4n) is 4.49. The first-order chi connectivity index (χ1) is 16.5. The molecule has 1 saturated heterocycles. The average molecular weight is 489 g/mol. The van der Waals surface area contributed by atoms with E-state index in [-0.39, 0.29) is 5.76 Å². The Labute approximate surface area is 201 Å². The number of halogens is 2. The van der Waals surface area contributed by atoms with Crippen LogP contribution in [0.2, 0.25) is 5.02 Å². The van der Waals surface area contributed by atoms with Crippen LogP contribution in [-0.2, 0) is 4.79 Å². The Morgan fingerprint density at radius 3 is 2.65 bits per heavy atom. The smallest absolute Gasteiger partial charge is 0.262 e. The van der Waals surface area contributed by atoms with Gasteiger partial charge in [0.15, 0.2) is 11.5 Å². The van der Waals surface area contributed by atoms with E-state index in [4.69, 9.17) is 25.5 Å². The third kappa shape index (κ3) is 4.85. The Morgan fingerprint density at radius 1 is 1.09 bits per heavy atom.